The van der Waals surface area contributed by atoms with E-state index in [-0.39, 0.29) is 0 Å². The van der Waals surface area contributed by atoms with Crippen LogP contribution in [0.5, 0.6) is 0 Å². The van der Waals surface area contributed by atoms with E-state index in [2.05, 4.69) is 36.1 Å². The summed E-state index contributed by atoms with van der Waals surface area (Å²) in [5.74, 6) is 0.514. The first-order chi connectivity index (χ1) is 8.77. The maximum absolute atomic E-state index is 4.62. The fourth-order valence-corrected chi connectivity index (χ4v) is 3.11. The van der Waals surface area contributed by atoms with Gasteiger partial charge in [0.25, 0.3) is 0 Å². The Kier molecular flexibility index (Phi) is 4.70. The first-order valence-corrected chi connectivity index (χ1v) is 7.33. The molecule has 3 heteroatoms. The van der Waals surface area contributed by atoms with Gasteiger partial charge in [-0.15, -0.1) is 0 Å². The molecular weight excluding hydrogens is 222 g/mol. The number of hydrogen-bond donors (Lipinski definition) is 1. The lowest BCUT2D eigenvalue weighted by atomic mass is 9.86. The molecule has 0 saturated carbocycles. The topological polar surface area (TPSA) is 37.8 Å². The van der Waals surface area contributed by atoms with Gasteiger partial charge in [-0.2, -0.15) is 0 Å². The highest BCUT2D eigenvalue weighted by Gasteiger charge is 2.24. The zero-order valence-corrected chi connectivity index (χ0v) is 11.9. The van der Waals surface area contributed by atoms with E-state index in [0.717, 1.165) is 19.4 Å². The second-order valence-corrected chi connectivity index (χ2v) is 5.25. The standard InChI is InChI=1S/C15H25N3/c1-4-12(11(3)16-5-2)15-13-8-6-7-9-14(13)17-10-18-15/h10-12,16H,4-9H2,1-3H3. The molecule has 3 nitrogen and oxygen atoms in total. The van der Waals surface area contributed by atoms with E-state index in [1.807, 2.05) is 0 Å². The van der Waals surface area contributed by atoms with Crippen LogP contribution in [0, 0.1) is 0 Å². The molecule has 2 unspecified atom stereocenters. The van der Waals surface area contributed by atoms with Crippen molar-refractivity contribution in [3.05, 3.63) is 23.3 Å². The van der Waals surface area contributed by atoms with Crippen molar-refractivity contribution in [1.82, 2.24) is 15.3 Å². The predicted octanol–water partition coefficient (Wildman–Crippen LogP) is 2.85. The summed E-state index contributed by atoms with van der Waals surface area (Å²) >= 11 is 0. The first-order valence-electron chi connectivity index (χ1n) is 7.33. The Morgan fingerprint density at radius 1 is 1.22 bits per heavy atom. The normalized spacial score (nSPS) is 18.2. The molecule has 2 rings (SSSR count). The van der Waals surface area contributed by atoms with Crippen LogP contribution in [0.25, 0.3) is 0 Å². The maximum atomic E-state index is 4.62. The number of aryl methyl sites for hydroxylation is 1. The Labute approximate surface area is 110 Å². The molecule has 0 bridgehead atoms. The van der Waals surface area contributed by atoms with Crippen molar-refractivity contribution in [2.75, 3.05) is 6.54 Å². The minimum absolute atomic E-state index is 0.487. The molecule has 0 saturated heterocycles. The van der Waals surface area contributed by atoms with Crippen LogP contribution in [-0.2, 0) is 12.8 Å². The number of nitrogens with one attached hydrogen (secondary N) is 1. The van der Waals surface area contributed by atoms with Crippen molar-refractivity contribution in [3.8, 4) is 0 Å². The molecule has 1 aliphatic carbocycles. The van der Waals surface area contributed by atoms with Gasteiger partial charge in [0.05, 0.1) is 5.69 Å². The first kappa shape index (κ1) is 13.5. The van der Waals surface area contributed by atoms with Crippen LogP contribution in [-0.4, -0.2) is 22.6 Å². The van der Waals surface area contributed by atoms with E-state index in [1.165, 1.54) is 36.2 Å². The fourth-order valence-electron chi connectivity index (χ4n) is 3.11. The van der Waals surface area contributed by atoms with Crippen LogP contribution in [0.2, 0.25) is 0 Å². The van der Waals surface area contributed by atoms with E-state index >= 15 is 0 Å². The highest BCUT2D eigenvalue weighted by Crippen LogP contribution is 2.29. The Bertz CT molecular complexity index is 389. The summed E-state index contributed by atoms with van der Waals surface area (Å²) in [5.41, 5.74) is 4.05. The Morgan fingerprint density at radius 2 is 2.00 bits per heavy atom. The third-order valence-corrected chi connectivity index (χ3v) is 4.08. The van der Waals surface area contributed by atoms with Crippen LogP contribution >= 0.6 is 0 Å². The number of likely N-dealkylation sites (N-methyl/N-ethyl adjacent to an activating group) is 1. The summed E-state index contributed by atoms with van der Waals surface area (Å²) in [6.45, 7) is 7.72. The number of fused-ring (bicyclic) bond motifs is 1. The number of nitrogens with zero attached hydrogens (tertiary/aromatic N) is 2. The lowest BCUT2D eigenvalue weighted by Crippen LogP contribution is -2.33. The van der Waals surface area contributed by atoms with Crippen molar-refractivity contribution in [2.45, 2.75) is 64.8 Å². The number of rotatable bonds is 5. The smallest absolute Gasteiger partial charge is 0.115 e. The van der Waals surface area contributed by atoms with Gasteiger partial charge in [-0.25, -0.2) is 9.97 Å². The zero-order valence-electron chi connectivity index (χ0n) is 11.9. The Morgan fingerprint density at radius 3 is 2.72 bits per heavy atom. The largest absolute Gasteiger partial charge is 0.314 e. The van der Waals surface area contributed by atoms with Gasteiger partial charge < -0.3 is 5.32 Å². The van der Waals surface area contributed by atoms with Crippen molar-refractivity contribution < 1.29 is 0 Å². The van der Waals surface area contributed by atoms with Gasteiger partial charge in [-0.3, -0.25) is 0 Å². The average Bonchev–Trinajstić information content (AvgIpc) is 2.40. The lowest BCUT2D eigenvalue weighted by molar-refractivity contribution is 0.446. The van der Waals surface area contributed by atoms with Crippen LogP contribution in [0.3, 0.4) is 0 Å². The molecule has 1 heterocycles. The van der Waals surface area contributed by atoms with Crippen molar-refractivity contribution >= 4 is 0 Å². The summed E-state index contributed by atoms with van der Waals surface area (Å²) < 4.78 is 0. The molecular formula is C15H25N3. The molecule has 0 fully saturated rings. The van der Waals surface area contributed by atoms with Crippen LogP contribution in [0.15, 0.2) is 6.33 Å². The summed E-state index contributed by atoms with van der Waals surface area (Å²) in [4.78, 5) is 9.09. The van der Waals surface area contributed by atoms with E-state index in [0.29, 0.717) is 12.0 Å². The molecule has 100 valence electrons. The summed E-state index contributed by atoms with van der Waals surface area (Å²) in [5, 5.41) is 3.54. The molecule has 1 aromatic rings. The zero-order chi connectivity index (χ0) is 13.0. The number of hydrogen-bond acceptors (Lipinski definition) is 3. The molecule has 0 spiro atoms. The van der Waals surface area contributed by atoms with Gasteiger partial charge in [-0.05, 0) is 51.1 Å². The van der Waals surface area contributed by atoms with E-state index in [9.17, 15) is 0 Å². The minimum Gasteiger partial charge on any atom is -0.314 e. The fraction of sp³-hybridized carbons (Fsp3) is 0.733. The molecule has 0 aliphatic heterocycles. The predicted molar refractivity (Wildman–Crippen MR) is 74.8 cm³/mol. The van der Waals surface area contributed by atoms with Gasteiger partial charge in [0.15, 0.2) is 0 Å². The molecule has 0 aromatic carbocycles. The highest BCUT2D eigenvalue weighted by molar-refractivity contribution is 5.30. The average molecular weight is 247 g/mol. The molecule has 1 aromatic heterocycles. The van der Waals surface area contributed by atoms with Crippen LogP contribution < -0.4 is 5.32 Å². The Hall–Kier alpha value is -0.960. The molecule has 18 heavy (non-hydrogen) atoms. The summed E-state index contributed by atoms with van der Waals surface area (Å²) in [6.07, 6.45) is 7.78. The molecule has 1 aliphatic rings. The molecule has 0 radical (unpaired) electrons. The van der Waals surface area contributed by atoms with Crippen LogP contribution in [0.1, 0.15) is 62.9 Å². The highest BCUT2D eigenvalue weighted by atomic mass is 14.9. The summed E-state index contributed by atoms with van der Waals surface area (Å²) in [6, 6.07) is 0.487. The van der Waals surface area contributed by atoms with Gasteiger partial charge >= 0.3 is 0 Å². The van der Waals surface area contributed by atoms with Gasteiger partial charge in [0.1, 0.15) is 6.33 Å². The number of aromatic nitrogens is 2. The van der Waals surface area contributed by atoms with Crippen molar-refractivity contribution in [3.63, 3.8) is 0 Å². The maximum Gasteiger partial charge on any atom is 0.115 e. The SMILES string of the molecule is CCNC(C)C(CC)c1ncnc2c1CCCC2. The van der Waals surface area contributed by atoms with E-state index in [1.54, 1.807) is 6.33 Å². The van der Waals surface area contributed by atoms with Gasteiger partial charge in [0.2, 0.25) is 0 Å². The van der Waals surface area contributed by atoms with Crippen molar-refractivity contribution in [2.24, 2.45) is 0 Å². The van der Waals surface area contributed by atoms with Gasteiger partial charge in [0, 0.05) is 17.7 Å². The lowest BCUT2D eigenvalue weighted by Gasteiger charge is -2.27. The van der Waals surface area contributed by atoms with E-state index < -0.39 is 0 Å². The third kappa shape index (κ3) is 2.72. The molecule has 0 amide bonds. The van der Waals surface area contributed by atoms with E-state index in [4.69, 9.17) is 0 Å². The summed E-state index contributed by atoms with van der Waals surface area (Å²) in [7, 11) is 0. The van der Waals surface area contributed by atoms with Gasteiger partial charge in [-0.1, -0.05) is 13.8 Å². The molecule has 2 atom stereocenters. The second-order valence-electron chi connectivity index (χ2n) is 5.25. The Balaban J connectivity index is 2.30. The van der Waals surface area contributed by atoms with Crippen molar-refractivity contribution in [1.29, 1.82) is 0 Å². The van der Waals surface area contributed by atoms with Crippen LogP contribution in [0.4, 0.5) is 0 Å². The quantitative estimate of drug-likeness (QED) is 0.869. The molecule has 1 N–H and O–H groups in total. The second kappa shape index (κ2) is 6.28. The monoisotopic (exact) mass is 247 g/mol. The third-order valence-electron chi connectivity index (χ3n) is 4.08. The minimum atomic E-state index is 0.487.